The summed E-state index contributed by atoms with van der Waals surface area (Å²) < 4.78 is 4.27. The molecule has 0 atom stereocenters. The molecule has 0 aromatic carbocycles. The van der Waals surface area contributed by atoms with Gasteiger partial charge >= 0.3 is 0 Å². The first-order chi connectivity index (χ1) is 7.25. The lowest BCUT2D eigenvalue weighted by molar-refractivity contribution is 0.102. The van der Waals surface area contributed by atoms with Crippen LogP contribution in [0.2, 0.25) is 0 Å². The van der Waals surface area contributed by atoms with Crippen molar-refractivity contribution in [3.05, 3.63) is 33.9 Å². The molecule has 0 aliphatic rings. The number of carbonyl (C=O) groups is 1. The number of halogens is 1. The Hall–Kier alpha value is -1.34. The largest absolute Gasteiger partial charge is 0.305 e. The molecule has 76 valence electrons. The zero-order chi connectivity index (χ0) is 10.7. The summed E-state index contributed by atoms with van der Waals surface area (Å²) in [4.78, 5) is 15.6. The number of amides is 1. The van der Waals surface area contributed by atoms with E-state index < -0.39 is 0 Å². The Kier molecular flexibility index (Phi) is 3.02. The van der Waals surface area contributed by atoms with Gasteiger partial charge in [-0.05, 0) is 39.6 Å². The number of aromatic nitrogens is 3. The van der Waals surface area contributed by atoms with Gasteiger partial charge in [-0.25, -0.2) is 4.98 Å². The van der Waals surface area contributed by atoms with E-state index in [1.165, 1.54) is 0 Å². The number of carbonyl (C=O) groups excluding carboxylic acids is 1. The van der Waals surface area contributed by atoms with E-state index in [4.69, 9.17) is 0 Å². The number of pyridine rings is 1. The Morgan fingerprint density at radius 1 is 1.47 bits per heavy atom. The summed E-state index contributed by atoms with van der Waals surface area (Å²) in [7, 11) is 0. The summed E-state index contributed by atoms with van der Waals surface area (Å²) in [5.74, 6) is 0.164. The predicted octanol–water partition coefficient (Wildman–Crippen LogP) is 1.95. The maximum absolute atomic E-state index is 11.5. The number of hydrogen-bond donors (Lipinski definition) is 1. The van der Waals surface area contributed by atoms with E-state index in [1.807, 2.05) is 0 Å². The molecule has 0 saturated heterocycles. The van der Waals surface area contributed by atoms with Gasteiger partial charge in [0.15, 0.2) is 5.69 Å². The minimum absolute atomic E-state index is 0.293. The molecule has 2 rings (SSSR count). The lowest BCUT2D eigenvalue weighted by Gasteiger charge is -2.01. The van der Waals surface area contributed by atoms with Crippen molar-refractivity contribution in [1.29, 1.82) is 0 Å². The Bertz CT molecular complexity index is 473. The van der Waals surface area contributed by atoms with Gasteiger partial charge in [-0.2, -0.15) is 0 Å². The predicted molar refractivity (Wildman–Crippen MR) is 59.8 cm³/mol. The van der Waals surface area contributed by atoms with Crippen LogP contribution in [0.15, 0.2) is 28.2 Å². The number of hydrogen-bond acceptors (Lipinski definition) is 5. The highest BCUT2D eigenvalue weighted by Gasteiger charge is 2.09. The van der Waals surface area contributed by atoms with E-state index in [0.717, 1.165) is 11.5 Å². The van der Waals surface area contributed by atoms with Gasteiger partial charge in [0.05, 0.1) is 0 Å². The van der Waals surface area contributed by atoms with Gasteiger partial charge in [0.1, 0.15) is 10.4 Å². The zero-order valence-corrected chi connectivity index (χ0v) is 9.75. The van der Waals surface area contributed by atoms with Gasteiger partial charge in [-0.15, -0.1) is 5.10 Å². The molecule has 0 saturated carbocycles. The van der Waals surface area contributed by atoms with Gasteiger partial charge in [0.25, 0.3) is 5.91 Å². The maximum atomic E-state index is 11.5. The zero-order valence-electron chi connectivity index (χ0n) is 7.35. The molecular formula is C8H5BrN4OS. The molecule has 0 fully saturated rings. The summed E-state index contributed by atoms with van der Waals surface area (Å²) in [6, 6.07) is 5.26. The third kappa shape index (κ3) is 2.57. The van der Waals surface area contributed by atoms with Crippen molar-refractivity contribution in [2.24, 2.45) is 0 Å². The van der Waals surface area contributed by atoms with Crippen molar-refractivity contribution in [2.45, 2.75) is 0 Å². The van der Waals surface area contributed by atoms with Crippen LogP contribution in [-0.4, -0.2) is 20.5 Å². The normalized spacial score (nSPS) is 9.93. The lowest BCUT2D eigenvalue weighted by Crippen LogP contribution is -2.13. The molecular weight excluding hydrogens is 280 g/mol. The molecule has 1 N–H and O–H groups in total. The fraction of sp³-hybridized carbons (Fsp3) is 0. The van der Waals surface area contributed by atoms with Crippen molar-refractivity contribution >= 4 is 39.2 Å². The minimum atomic E-state index is -0.311. The molecule has 2 heterocycles. The second kappa shape index (κ2) is 4.45. The van der Waals surface area contributed by atoms with Crippen molar-refractivity contribution in [3.8, 4) is 0 Å². The number of nitrogens with zero attached hydrogens (tertiary/aromatic N) is 3. The van der Waals surface area contributed by atoms with E-state index in [-0.39, 0.29) is 5.91 Å². The SMILES string of the molecule is O=C(Nc1cccc(Br)n1)c1csnn1. The highest BCUT2D eigenvalue weighted by Crippen LogP contribution is 2.11. The third-order valence-corrected chi connectivity index (χ3v) is 2.50. The molecule has 0 aliphatic heterocycles. The Morgan fingerprint density at radius 3 is 3.00 bits per heavy atom. The summed E-state index contributed by atoms with van der Waals surface area (Å²) >= 11 is 4.34. The molecule has 5 nitrogen and oxygen atoms in total. The minimum Gasteiger partial charge on any atom is -0.305 e. The first-order valence-corrected chi connectivity index (χ1v) is 5.59. The van der Waals surface area contributed by atoms with Crippen LogP contribution in [0.25, 0.3) is 0 Å². The Labute approximate surface area is 97.8 Å². The van der Waals surface area contributed by atoms with Crippen LogP contribution in [0.1, 0.15) is 10.5 Å². The third-order valence-electron chi connectivity index (χ3n) is 1.55. The maximum Gasteiger partial charge on any atom is 0.278 e. The molecule has 0 aliphatic carbocycles. The van der Waals surface area contributed by atoms with Crippen LogP contribution in [-0.2, 0) is 0 Å². The summed E-state index contributed by atoms with van der Waals surface area (Å²) in [5, 5.41) is 7.84. The average Bonchev–Trinajstić information content (AvgIpc) is 2.70. The highest BCUT2D eigenvalue weighted by atomic mass is 79.9. The molecule has 0 radical (unpaired) electrons. The van der Waals surface area contributed by atoms with E-state index >= 15 is 0 Å². The number of anilines is 1. The molecule has 7 heteroatoms. The highest BCUT2D eigenvalue weighted by molar-refractivity contribution is 9.10. The molecule has 2 aromatic rings. The van der Waals surface area contributed by atoms with Crippen LogP contribution in [0.3, 0.4) is 0 Å². The van der Waals surface area contributed by atoms with E-state index in [9.17, 15) is 4.79 Å². The second-order valence-electron chi connectivity index (χ2n) is 2.59. The molecule has 2 aromatic heterocycles. The van der Waals surface area contributed by atoms with Crippen molar-refractivity contribution in [1.82, 2.24) is 14.6 Å². The van der Waals surface area contributed by atoms with Crippen LogP contribution < -0.4 is 5.32 Å². The molecule has 0 bridgehead atoms. The van der Waals surface area contributed by atoms with Crippen molar-refractivity contribution in [2.75, 3.05) is 5.32 Å². The van der Waals surface area contributed by atoms with Gasteiger partial charge in [-0.3, -0.25) is 4.79 Å². The van der Waals surface area contributed by atoms with Crippen LogP contribution >= 0.6 is 27.5 Å². The fourth-order valence-electron chi connectivity index (χ4n) is 0.922. The smallest absolute Gasteiger partial charge is 0.278 e. The van der Waals surface area contributed by atoms with Gasteiger partial charge in [0.2, 0.25) is 0 Å². The van der Waals surface area contributed by atoms with E-state index in [1.54, 1.807) is 23.6 Å². The standard InChI is InChI=1S/C8H5BrN4OS/c9-6-2-1-3-7(10-6)11-8(14)5-4-15-13-12-5/h1-4H,(H,10,11,14). The molecule has 0 unspecified atom stereocenters. The fourth-order valence-corrected chi connectivity index (χ4v) is 1.70. The molecule has 15 heavy (non-hydrogen) atoms. The van der Waals surface area contributed by atoms with Gasteiger partial charge < -0.3 is 5.32 Å². The number of nitrogens with one attached hydrogen (secondary N) is 1. The van der Waals surface area contributed by atoms with Crippen molar-refractivity contribution < 1.29 is 4.79 Å². The Balaban J connectivity index is 2.13. The Morgan fingerprint density at radius 2 is 2.33 bits per heavy atom. The van der Waals surface area contributed by atoms with E-state index in [2.05, 4.69) is 35.8 Å². The summed E-state index contributed by atoms with van der Waals surface area (Å²) in [6.45, 7) is 0. The summed E-state index contributed by atoms with van der Waals surface area (Å²) in [5.41, 5.74) is 0.293. The first kappa shape index (κ1) is 10.2. The quantitative estimate of drug-likeness (QED) is 0.856. The van der Waals surface area contributed by atoms with Gasteiger partial charge in [0, 0.05) is 5.38 Å². The van der Waals surface area contributed by atoms with Crippen LogP contribution in [0.5, 0.6) is 0 Å². The monoisotopic (exact) mass is 284 g/mol. The van der Waals surface area contributed by atoms with Crippen LogP contribution in [0.4, 0.5) is 5.82 Å². The van der Waals surface area contributed by atoms with Crippen molar-refractivity contribution in [3.63, 3.8) is 0 Å². The second-order valence-corrected chi connectivity index (χ2v) is 4.01. The molecule has 1 amide bonds. The number of rotatable bonds is 2. The molecule has 0 spiro atoms. The first-order valence-electron chi connectivity index (χ1n) is 3.96. The van der Waals surface area contributed by atoms with Crippen LogP contribution in [0, 0.1) is 0 Å². The average molecular weight is 285 g/mol. The summed E-state index contributed by atoms with van der Waals surface area (Å²) in [6.07, 6.45) is 0. The topological polar surface area (TPSA) is 67.8 Å². The lowest BCUT2D eigenvalue weighted by atomic mass is 10.4. The van der Waals surface area contributed by atoms with E-state index in [0.29, 0.717) is 16.1 Å². The van der Waals surface area contributed by atoms with Gasteiger partial charge in [-0.1, -0.05) is 10.6 Å².